The van der Waals surface area contributed by atoms with Crippen LogP contribution in [0, 0.1) is 0 Å². The van der Waals surface area contributed by atoms with Gasteiger partial charge in [0.25, 0.3) is 0 Å². The first-order valence-electron chi connectivity index (χ1n) is 3.96. The molecule has 1 heterocycles. The normalized spacial score (nSPS) is 10.6. The summed E-state index contributed by atoms with van der Waals surface area (Å²) in [6.07, 6.45) is 3.08. The SMILES string of the molecule is CCc1ccc2cc[nH]c2c1.[HH]. The number of aryl methyl sites for hydroxylation is 1. The molecule has 0 unspecified atom stereocenters. The zero-order chi connectivity index (χ0) is 7.68. The van der Waals surface area contributed by atoms with Crippen LogP contribution in [0.1, 0.15) is 13.9 Å². The van der Waals surface area contributed by atoms with Gasteiger partial charge in [0.05, 0.1) is 0 Å². The predicted octanol–water partition coefficient (Wildman–Crippen LogP) is 2.98. The highest BCUT2D eigenvalue weighted by Crippen LogP contribution is 2.13. The van der Waals surface area contributed by atoms with Gasteiger partial charge in [-0.15, -0.1) is 0 Å². The van der Waals surface area contributed by atoms with Gasteiger partial charge in [0.1, 0.15) is 0 Å². The fourth-order valence-electron chi connectivity index (χ4n) is 1.31. The number of nitrogens with one attached hydrogen (secondary N) is 1. The lowest BCUT2D eigenvalue weighted by molar-refractivity contribution is 1.14. The molecule has 2 rings (SSSR count). The molecular formula is C10H13N. The molecule has 0 saturated carbocycles. The van der Waals surface area contributed by atoms with Crippen molar-refractivity contribution in [1.82, 2.24) is 4.98 Å². The number of rotatable bonds is 1. The third kappa shape index (κ3) is 1.03. The Morgan fingerprint density at radius 2 is 2.27 bits per heavy atom. The molecule has 11 heavy (non-hydrogen) atoms. The summed E-state index contributed by atoms with van der Waals surface area (Å²) in [5.74, 6) is 0. The Morgan fingerprint density at radius 3 is 3.09 bits per heavy atom. The lowest BCUT2D eigenvalue weighted by Gasteiger charge is -1.94. The molecule has 2 aromatic rings. The number of benzene rings is 1. The van der Waals surface area contributed by atoms with Gasteiger partial charge in [-0.2, -0.15) is 0 Å². The van der Waals surface area contributed by atoms with E-state index in [9.17, 15) is 0 Å². The maximum atomic E-state index is 3.19. The van der Waals surface area contributed by atoms with Gasteiger partial charge < -0.3 is 4.98 Å². The van der Waals surface area contributed by atoms with Gasteiger partial charge in [0.15, 0.2) is 0 Å². The van der Waals surface area contributed by atoms with Crippen molar-refractivity contribution in [2.45, 2.75) is 13.3 Å². The highest BCUT2D eigenvalue weighted by atomic mass is 14.7. The summed E-state index contributed by atoms with van der Waals surface area (Å²) < 4.78 is 0. The minimum Gasteiger partial charge on any atom is -0.361 e. The minimum atomic E-state index is 0. The first-order valence-corrected chi connectivity index (χ1v) is 3.96. The number of hydrogen-bond acceptors (Lipinski definition) is 0. The van der Waals surface area contributed by atoms with Crippen LogP contribution < -0.4 is 0 Å². The van der Waals surface area contributed by atoms with E-state index in [2.05, 4.69) is 36.2 Å². The first kappa shape index (κ1) is 6.47. The van der Waals surface area contributed by atoms with E-state index in [0.717, 1.165) is 6.42 Å². The summed E-state index contributed by atoms with van der Waals surface area (Å²) in [5, 5.41) is 1.29. The van der Waals surface area contributed by atoms with E-state index in [1.165, 1.54) is 16.5 Å². The third-order valence-electron chi connectivity index (χ3n) is 2.03. The number of H-pyrrole nitrogens is 1. The molecule has 1 aromatic heterocycles. The van der Waals surface area contributed by atoms with Crippen LogP contribution in [0.2, 0.25) is 0 Å². The second-order valence-corrected chi connectivity index (χ2v) is 2.75. The maximum absolute atomic E-state index is 3.19. The lowest BCUT2D eigenvalue weighted by Crippen LogP contribution is -1.77. The number of aromatic nitrogens is 1. The summed E-state index contributed by atoms with van der Waals surface area (Å²) >= 11 is 0. The number of aromatic amines is 1. The zero-order valence-corrected chi connectivity index (χ0v) is 6.59. The van der Waals surface area contributed by atoms with E-state index in [1.54, 1.807) is 0 Å². The molecule has 1 N–H and O–H groups in total. The van der Waals surface area contributed by atoms with Crippen LogP contribution in [-0.4, -0.2) is 4.98 Å². The van der Waals surface area contributed by atoms with Crippen LogP contribution in [-0.2, 0) is 6.42 Å². The average Bonchev–Trinajstić information content (AvgIpc) is 2.50. The topological polar surface area (TPSA) is 15.8 Å². The van der Waals surface area contributed by atoms with Crippen LogP contribution in [0.15, 0.2) is 30.5 Å². The minimum absolute atomic E-state index is 0. The molecule has 0 bridgehead atoms. The van der Waals surface area contributed by atoms with Crippen molar-refractivity contribution >= 4 is 10.9 Å². The van der Waals surface area contributed by atoms with Crippen molar-refractivity contribution in [2.75, 3.05) is 0 Å². The van der Waals surface area contributed by atoms with Crippen LogP contribution in [0.5, 0.6) is 0 Å². The second-order valence-electron chi connectivity index (χ2n) is 2.75. The molecule has 0 aliphatic heterocycles. The summed E-state index contributed by atoms with van der Waals surface area (Å²) in [6.45, 7) is 2.17. The first-order chi connectivity index (χ1) is 5.40. The van der Waals surface area contributed by atoms with Crippen molar-refractivity contribution in [3.8, 4) is 0 Å². The van der Waals surface area contributed by atoms with E-state index in [1.807, 2.05) is 6.20 Å². The number of fused-ring (bicyclic) bond motifs is 1. The third-order valence-corrected chi connectivity index (χ3v) is 2.03. The molecule has 0 amide bonds. The van der Waals surface area contributed by atoms with Gasteiger partial charge in [-0.25, -0.2) is 0 Å². The largest absolute Gasteiger partial charge is 0.361 e. The van der Waals surface area contributed by atoms with Gasteiger partial charge in [0, 0.05) is 13.1 Å². The predicted molar refractivity (Wildman–Crippen MR) is 49.8 cm³/mol. The highest BCUT2D eigenvalue weighted by molar-refractivity contribution is 5.79. The van der Waals surface area contributed by atoms with E-state index >= 15 is 0 Å². The Bertz CT molecular complexity index is 365. The molecule has 1 nitrogen and oxygen atoms in total. The monoisotopic (exact) mass is 147 g/mol. The molecular weight excluding hydrogens is 134 g/mol. The van der Waals surface area contributed by atoms with Crippen molar-refractivity contribution in [3.63, 3.8) is 0 Å². The quantitative estimate of drug-likeness (QED) is 0.638. The lowest BCUT2D eigenvalue weighted by atomic mass is 10.1. The van der Waals surface area contributed by atoms with Gasteiger partial charge in [-0.3, -0.25) is 0 Å². The smallest absolute Gasteiger partial charge is 0.0456 e. The molecule has 0 atom stereocenters. The van der Waals surface area contributed by atoms with Crippen molar-refractivity contribution in [1.29, 1.82) is 0 Å². The van der Waals surface area contributed by atoms with Crippen molar-refractivity contribution < 1.29 is 1.43 Å². The Labute approximate surface area is 67.5 Å². The van der Waals surface area contributed by atoms with E-state index in [-0.39, 0.29) is 1.43 Å². The standard InChI is InChI=1S/C10H11N.H2/c1-2-8-3-4-9-5-6-11-10(9)7-8;/h3-7,11H,2H2,1H3;1H. The van der Waals surface area contributed by atoms with Crippen molar-refractivity contribution in [3.05, 3.63) is 36.0 Å². The van der Waals surface area contributed by atoms with Crippen LogP contribution >= 0.6 is 0 Å². The van der Waals surface area contributed by atoms with Crippen LogP contribution in [0.4, 0.5) is 0 Å². The van der Waals surface area contributed by atoms with Gasteiger partial charge >= 0.3 is 0 Å². The molecule has 1 aromatic carbocycles. The molecule has 0 aliphatic carbocycles. The zero-order valence-electron chi connectivity index (χ0n) is 6.59. The Hall–Kier alpha value is -1.24. The van der Waals surface area contributed by atoms with Crippen molar-refractivity contribution in [2.24, 2.45) is 0 Å². The fourth-order valence-corrected chi connectivity index (χ4v) is 1.31. The Kier molecular flexibility index (Phi) is 1.42. The van der Waals surface area contributed by atoms with E-state index < -0.39 is 0 Å². The molecule has 0 spiro atoms. The molecule has 0 saturated heterocycles. The fraction of sp³-hybridized carbons (Fsp3) is 0.200. The molecule has 0 aliphatic rings. The van der Waals surface area contributed by atoms with Crippen LogP contribution in [0.3, 0.4) is 0 Å². The maximum Gasteiger partial charge on any atom is 0.0456 e. The molecule has 0 fully saturated rings. The Morgan fingerprint density at radius 1 is 1.36 bits per heavy atom. The van der Waals surface area contributed by atoms with Crippen LogP contribution in [0.25, 0.3) is 10.9 Å². The second kappa shape index (κ2) is 2.42. The molecule has 1 heteroatoms. The van der Waals surface area contributed by atoms with Gasteiger partial charge in [-0.05, 0) is 29.5 Å². The molecule has 0 radical (unpaired) electrons. The Balaban J connectivity index is 0.000000720. The summed E-state index contributed by atoms with van der Waals surface area (Å²) in [4.78, 5) is 3.19. The summed E-state index contributed by atoms with van der Waals surface area (Å²) in [5.41, 5.74) is 2.63. The average molecular weight is 147 g/mol. The number of hydrogen-bond donors (Lipinski definition) is 1. The van der Waals surface area contributed by atoms with Gasteiger partial charge in [-0.1, -0.05) is 19.1 Å². The summed E-state index contributed by atoms with van der Waals surface area (Å²) in [6, 6.07) is 8.63. The summed E-state index contributed by atoms with van der Waals surface area (Å²) in [7, 11) is 0. The van der Waals surface area contributed by atoms with E-state index in [0.29, 0.717) is 0 Å². The molecule has 58 valence electrons. The van der Waals surface area contributed by atoms with E-state index in [4.69, 9.17) is 0 Å². The van der Waals surface area contributed by atoms with Gasteiger partial charge in [0.2, 0.25) is 0 Å². The highest BCUT2D eigenvalue weighted by Gasteiger charge is 1.93.